The second kappa shape index (κ2) is 10.1. The van der Waals surface area contributed by atoms with Crippen molar-refractivity contribution < 1.29 is 14.3 Å². The van der Waals surface area contributed by atoms with Gasteiger partial charge in [0.15, 0.2) is 0 Å². The number of carbonyl (C=O) groups is 2. The van der Waals surface area contributed by atoms with Gasteiger partial charge in [-0.25, -0.2) is 0 Å². The van der Waals surface area contributed by atoms with Crippen LogP contribution < -0.4 is 10.6 Å². The monoisotopic (exact) mass is 395 g/mol. The third-order valence-electron chi connectivity index (χ3n) is 5.51. The molecular formula is C20H30ClN3O3. The molecular weight excluding hydrogens is 366 g/mol. The standard InChI is InChI=1S/C20H29N3O3.ClH/c1-26-20(9-11-21-12-10-20)19(25)22-15-16-5-7-17(8-6-16)18(24)23-13-3-2-4-14-23;/h5-8,21H,2-4,9-15H2,1H3,(H,22,25);1H. The molecule has 2 fully saturated rings. The van der Waals surface area contributed by atoms with E-state index in [1.54, 1.807) is 7.11 Å². The molecule has 0 atom stereocenters. The maximum atomic E-state index is 12.6. The summed E-state index contributed by atoms with van der Waals surface area (Å²) in [5.74, 6) is 0.0447. The van der Waals surface area contributed by atoms with Crippen LogP contribution in [0.5, 0.6) is 0 Å². The van der Waals surface area contributed by atoms with Crippen molar-refractivity contribution in [1.29, 1.82) is 0 Å². The summed E-state index contributed by atoms with van der Waals surface area (Å²) in [6.07, 6.45) is 4.75. The highest BCUT2D eigenvalue weighted by Crippen LogP contribution is 2.22. The normalized spacial score (nSPS) is 19.1. The Morgan fingerprint density at radius 3 is 2.33 bits per heavy atom. The topological polar surface area (TPSA) is 70.7 Å². The number of nitrogens with one attached hydrogen (secondary N) is 2. The Hall–Kier alpha value is -1.63. The zero-order valence-electron chi connectivity index (χ0n) is 16.0. The smallest absolute Gasteiger partial charge is 0.253 e. The van der Waals surface area contributed by atoms with Gasteiger partial charge in [0.2, 0.25) is 0 Å². The van der Waals surface area contributed by atoms with Crippen LogP contribution in [0.25, 0.3) is 0 Å². The number of ether oxygens (including phenoxy) is 1. The molecule has 0 bridgehead atoms. The van der Waals surface area contributed by atoms with Crippen molar-refractivity contribution >= 4 is 24.2 Å². The van der Waals surface area contributed by atoms with Crippen LogP contribution >= 0.6 is 12.4 Å². The first-order valence-electron chi connectivity index (χ1n) is 9.57. The molecule has 6 nitrogen and oxygen atoms in total. The molecule has 3 rings (SSSR count). The second-order valence-corrected chi connectivity index (χ2v) is 7.18. The van der Waals surface area contributed by atoms with Crippen LogP contribution in [-0.4, -0.2) is 55.6 Å². The largest absolute Gasteiger partial charge is 0.368 e. The number of amides is 2. The third-order valence-corrected chi connectivity index (χ3v) is 5.51. The van der Waals surface area contributed by atoms with E-state index in [0.717, 1.165) is 44.6 Å². The number of piperidine rings is 2. The Balaban J connectivity index is 0.00000261. The minimum absolute atomic E-state index is 0. The number of hydrogen-bond acceptors (Lipinski definition) is 4. The van der Waals surface area contributed by atoms with E-state index in [1.807, 2.05) is 29.2 Å². The van der Waals surface area contributed by atoms with Gasteiger partial charge in [-0.1, -0.05) is 12.1 Å². The van der Waals surface area contributed by atoms with Gasteiger partial charge in [0.05, 0.1) is 0 Å². The van der Waals surface area contributed by atoms with Crippen LogP contribution in [-0.2, 0) is 16.1 Å². The van der Waals surface area contributed by atoms with E-state index in [1.165, 1.54) is 6.42 Å². The molecule has 2 saturated heterocycles. The van der Waals surface area contributed by atoms with E-state index in [2.05, 4.69) is 10.6 Å². The molecule has 2 aliphatic rings. The Kier molecular flexibility index (Phi) is 8.07. The van der Waals surface area contributed by atoms with Crippen molar-refractivity contribution in [3.8, 4) is 0 Å². The van der Waals surface area contributed by atoms with Crippen molar-refractivity contribution in [2.45, 2.75) is 44.2 Å². The lowest BCUT2D eigenvalue weighted by Crippen LogP contribution is -2.53. The molecule has 1 aromatic rings. The zero-order chi connectivity index (χ0) is 18.4. The molecule has 0 unspecified atom stereocenters. The van der Waals surface area contributed by atoms with Crippen LogP contribution in [0.4, 0.5) is 0 Å². The predicted octanol–water partition coefficient (Wildman–Crippen LogP) is 2.12. The Bertz CT molecular complexity index is 624. The van der Waals surface area contributed by atoms with E-state index in [4.69, 9.17) is 4.74 Å². The van der Waals surface area contributed by atoms with E-state index in [0.29, 0.717) is 24.9 Å². The minimum Gasteiger partial charge on any atom is -0.368 e. The van der Waals surface area contributed by atoms with Crippen LogP contribution in [0.1, 0.15) is 48.0 Å². The number of halogens is 1. The summed E-state index contributed by atoms with van der Waals surface area (Å²) in [4.78, 5) is 27.0. The number of methoxy groups -OCH3 is 1. The Labute approximate surface area is 167 Å². The molecule has 2 N–H and O–H groups in total. The van der Waals surface area contributed by atoms with Crippen LogP contribution in [0, 0.1) is 0 Å². The van der Waals surface area contributed by atoms with Gasteiger partial charge in [-0.15, -0.1) is 12.4 Å². The molecule has 27 heavy (non-hydrogen) atoms. The van der Waals surface area contributed by atoms with Gasteiger partial charge in [-0.2, -0.15) is 0 Å². The summed E-state index contributed by atoms with van der Waals surface area (Å²) in [7, 11) is 1.60. The molecule has 1 aromatic carbocycles. The number of rotatable bonds is 5. The fraction of sp³-hybridized carbons (Fsp3) is 0.600. The molecule has 0 radical (unpaired) electrons. The van der Waals surface area contributed by atoms with Crippen molar-refractivity contribution in [2.75, 3.05) is 33.3 Å². The molecule has 0 aromatic heterocycles. The molecule has 2 aliphatic heterocycles. The summed E-state index contributed by atoms with van der Waals surface area (Å²) in [6, 6.07) is 7.54. The average molecular weight is 396 g/mol. The Morgan fingerprint density at radius 1 is 1.11 bits per heavy atom. The molecule has 0 aliphatic carbocycles. The number of hydrogen-bond donors (Lipinski definition) is 2. The molecule has 150 valence electrons. The lowest BCUT2D eigenvalue weighted by atomic mass is 9.91. The van der Waals surface area contributed by atoms with E-state index < -0.39 is 5.60 Å². The number of benzene rings is 1. The molecule has 2 amide bonds. The molecule has 7 heteroatoms. The molecule has 0 spiro atoms. The second-order valence-electron chi connectivity index (χ2n) is 7.18. The predicted molar refractivity (Wildman–Crippen MR) is 107 cm³/mol. The summed E-state index contributed by atoms with van der Waals surface area (Å²) in [5.41, 5.74) is 0.970. The fourth-order valence-corrected chi connectivity index (χ4v) is 3.74. The molecule has 0 saturated carbocycles. The first-order valence-corrected chi connectivity index (χ1v) is 9.57. The lowest BCUT2D eigenvalue weighted by Gasteiger charge is -2.34. The van der Waals surface area contributed by atoms with Gasteiger partial charge in [0.1, 0.15) is 5.60 Å². The Morgan fingerprint density at radius 2 is 1.74 bits per heavy atom. The van der Waals surface area contributed by atoms with Crippen molar-refractivity contribution in [3.05, 3.63) is 35.4 Å². The summed E-state index contributed by atoms with van der Waals surface area (Å²) < 4.78 is 5.54. The highest BCUT2D eigenvalue weighted by molar-refractivity contribution is 5.94. The van der Waals surface area contributed by atoms with Gasteiger partial charge >= 0.3 is 0 Å². The van der Waals surface area contributed by atoms with Gasteiger partial charge < -0.3 is 20.3 Å². The summed E-state index contributed by atoms with van der Waals surface area (Å²) >= 11 is 0. The van der Waals surface area contributed by atoms with Crippen LogP contribution in [0.3, 0.4) is 0 Å². The zero-order valence-corrected chi connectivity index (χ0v) is 16.8. The summed E-state index contributed by atoms with van der Waals surface area (Å²) in [6.45, 7) is 3.72. The first kappa shape index (κ1) is 21.7. The number of nitrogens with zero attached hydrogens (tertiary/aromatic N) is 1. The van der Waals surface area contributed by atoms with Gasteiger partial charge in [-0.05, 0) is 62.9 Å². The van der Waals surface area contributed by atoms with Crippen molar-refractivity contribution in [2.24, 2.45) is 0 Å². The van der Waals surface area contributed by atoms with Crippen LogP contribution in [0.15, 0.2) is 24.3 Å². The van der Waals surface area contributed by atoms with Gasteiger partial charge in [-0.3, -0.25) is 9.59 Å². The highest BCUT2D eigenvalue weighted by Gasteiger charge is 2.39. The average Bonchev–Trinajstić information content (AvgIpc) is 2.73. The third kappa shape index (κ3) is 5.21. The first-order chi connectivity index (χ1) is 12.6. The van der Waals surface area contributed by atoms with Crippen LogP contribution in [0.2, 0.25) is 0 Å². The van der Waals surface area contributed by atoms with E-state index >= 15 is 0 Å². The van der Waals surface area contributed by atoms with E-state index in [-0.39, 0.29) is 24.2 Å². The minimum atomic E-state index is -0.727. The maximum Gasteiger partial charge on any atom is 0.253 e. The SMILES string of the molecule is COC1(C(=O)NCc2ccc(C(=O)N3CCCCC3)cc2)CCNCC1.Cl. The number of carbonyl (C=O) groups excluding carboxylic acids is 2. The molecule has 2 heterocycles. The van der Waals surface area contributed by atoms with Gasteiger partial charge in [0.25, 0.3) is 11.8 Å². The quantitative estimate of drug-likeness (QED) is 0.801. The van der Waals surface area contributed by atoms with E-state index in [9.17, 15) is 9.59 Å². The maximum absolute atomic E-state index is 12.6. The lowest BCUT2D eigenvalue weighted by molar-refractivity contribution is -0.146. The number of likely N-dealkylation sites (tertiary alicyclic amines) is 1. The van der Waals surface area contributed by atoms with Crippen molar-refractivity contribution in [3.63, 3.8) is 0 Å². The van der Waals surface area contributed by atoms with Gasteiger partial charge in [0, 0.05) is 32.3 Å². The summed E-state index contributed by atoms with van der Waals surface area (Å²) in [5, 5.41) is 6.24. The fourth-order valence-electron chi connectivity index (χ4n) is 3.74. The van der Waals surface area contributed by atoms with Crippen molar-refractivity contribution in [1.82, 2.24) is 15.5 Å². The highest BCUT2D eigenvalue weighted by atomic mass is 35.5.